The first-order valence-corrected chi connectivity index (χ1v) is 21.0. The van der Waals surface area contributed by atoms with E-state index in [9.17, 15) is 5.11 Å². The van der Waals surface area contributed by atoms with Crippen LogP contribution in [0.2, 0.25) is 0 Å². The van der Waals surface area contributed by atoms with E-state index in [0.717, 1.165) is 107 Å². The number of anilines is 1. The predicted octanol–water partition coefficient (Wildman–Crippen LogP) is 11.9. The Morgan fingerprint density at radius 1 is 0.661 bits per heavy atom. The van der Waals surface area contributed by atoms with Crippen molar-refractivity contribution in [3.05, 3.63) is 143 Å². The number of ether oxygens (including phenoxy) is 4. The zero-order valence-corrected chi connectivity index (χ0v) is 35.0. The molecule has 0 bridgehead atoms. The van der Waals surface area contributed by atoms with Crippen LogP contribution in [0.1, 0.15) is 74.8 Å². The van der Waals surface area contributed by atoms with Gasteiger partial charge in [-0.2, -0.15) is 0 Å². The van der Waals surface area contributed by atoms with Crippen molar-refractivity contribution in [3.8, 4) is 45.3 Å². The van der Waals surface area contributed by atoms with Crippen molar-refractivity contribution >= 4 is 22.5 Å². The number of hydrogen-bond donors (Lipinski definition) is 1. The first-order chi connectivity index (χ1) is 28.4. The average molecular weight is 784 g/mol. The van der Waals surface area contributed by atoms with Crippen LogP contribution in [0, 0.1) is 10.8 Å². The summed E-state index contributed by atoms with van der Waals surface area (Å²) in [5.41, 5.74) is 10.1. The van der Waals surface area contributed by atoms with E-state index in [4.69, 9.17) is 18.9 Å². The Labute approximate surface area is 348 Å². The van der Waals surface area contributed by atoms with Crippen LogP contribution in [0.5, 0.6) is 23.0 Å². The minimum atomic E-state index is -0.978. The number of hydrogen-bond acceptors (Lipinski definition) is 6. The van der Waals surface area contributed by atoms with Gasteiger partial charge in [0.2, 0.25) is 0 Å². The minimum Gasteiger partial charge on any atom is -0.507 e. The maximum Gasteiger partial charge on any atom is 0.178 e. The molecule has 4 aliphatic rings. The van der Waals surface area contributed by atoms with Gasteiger partial charge in [-0.15, -0.1) is 0 Å². The molecule has 1 saturated carbocycles. The van der Waals surface area contributed by atoms with Crippen molar-refractivity contribution in [3.63, 3.8) is 0 Å². The summed E-state index contributed by atoms with van der Waals surface area (Å²) in [6.45, 7) is 13.0. The lowest BCUT2D eigenvalue weighted by atomic mass is 9.52. The van der Waals surface area contributed by atoms with E-state index in [1.807, 2.05) is 30.3 Å². The van der Waals surface area contributed by atoms with Crippen molar-refractivity contribution < 1.29 is 24.1 Å². The van der Waals surface area contributed by atoms with Crippen molar-refractivity contribution in [1.82, 2.24) is 0 Å². The first kappa shape index (κ1) is 37.5. The lowest BCUT2D eigenvalue weighted by Gasteiger charge is -2.52. The smallest absolute Gasteiger partial charge is 0.178 e. The Kier molecular flexibility index (Phi) is 8.70. The molecule has 59 heavy (non-hydrogen) atoms. The topological polar surface area (TPSA) is 60.4 Å². The van der Waals surface area contributed by atoms with Crippen LogP contribution < -0.4 is 19.1 Å². The van der Waals surface area contributed by atoms with Gasteiger partial charge in [-0.25, -0.2) is 0 Å². The number of rotatable bonds is 6. The molecule has 0 atom stereocenters. The van der Waals surface area contributed by atoms with Crippen LogP contribution in [0.3, 0.4) is 0 Å². The molecule has 6 heteroatoms. The van der Waals surface area contributed by atoms with Gasteiger partial charge in [0.1, 0.15) is 23.0 Å². The van der Waals surface area contributed by atoms with E-state index in [2.05, 4.69) is 124 Å². The highest BCUT2D eigenvalue weighted by atomic mass is 16.5. The average Bonchev–Trinajstić information content (AvgIpc) is 3.51. The molecule has 6 aromatic carbocycles. The molecule has 1 N–H and O–H groups in total. The van der Waals surface area contributed by atoms with Crippen molar-refractivity contribution in [2.75, 3.05) is 45.4 Å². The van der Waals surface area contributed by atoms with Gasteiger partial charge in [0.05, 0.1) is 27.4 Å². The molecule has 0 aromatic heterocycles. The van der Waals surface area contributed by atoms with Gasteiger partial charge in [-0.3, -0.25) is 0 Å². The molecule has 2 heterocycles. The molecule has 6 aromatic rings. The van der Waals surface area contributed by atoms with Gasteiger partial charge in [-0.1, -0.05) is 94.4 Å². The summed E-state index contributed by atoms with van der Waals surface area (Å²) in [6, 6.07) is 38.2. The minimum absolute atomic E-state index is 0.0902. The molecule has 1 spiro atoms. The highest BCUT2D eigenvalue weighted by Crippen LogP contribution is 2.67. The van der Waals surface area contributed by atoms with Gasteiger partial charge in [0.15, 0.2) is 5.60 Å². The fraction of sp³-hybridized carbons (Fsp3) is 0.321. The van der Waals surface area contributed by atoms with Crippen LogP contribution in [-0.2, 0) is 15.8 Å². The van der Waals surface area contributed by atoms with Crippen LogP contribution in [-0.4, -0.2) is 45.6 Å². The molecule has 0 unspecified atom stereocenters. The quantitative estimate of drug-likeness (QED) is 0.182. The third kappa shape index (κ3) is 6.01. The Balaban J connectivity index is 1.26. The lowest BCUT2D eigenvalue weighted by Crippen LogP contribution is -2.44. The fourth-order valence-electron chi connectivity index (χ4n) is 11.7. The number of phenolic OH excluding ortho intramolecular Hbond substituents is 1. The molecular weight excluding hydrogens is 731 g/mol. The second-order valence-corrected chi connectivity index (χ2v) is 18.7. The number of phenols is 1. The number of fused-ring (bicyclic) bond motifs is 10. The molecule has 300 valence electrons. The van der Waals surface area contributed by atoms with Gasteiger partial charge in [0, 0.05) is 51.8 Å². The van der Waals surface area contributed by atoms with Gasteiger partial charge in [0.25, 0.3) is 0 Å². The second kappa shape index (κ2) is 13.7. The maximum absolute atomic E-state index is 12.2. The third-order valence-electron chi connectivity index (χ3n) is 13.5. The standard InChI is InChI=1S/C53H53NO5/c1-50(2)31-51(3,4)33-52(32-50)45-10-8-7-9-40(45)47-43-30-46(55)42(34-11-17-37(18-12-34)54-25-27-58-28-26-54)29-44(43)49-41(48(47)52)23-24-53(59-49,35-13-19-38(56-5)20-14-35)36-15-21-39(57-6)22-16-36/h7-24,29-30,55H,25-28,31-33H2,1-6H3. The number of methoxy groups -OCH3 is 2. The second-order valence-electron chi connectivity index (χ2n) is 18.7. The van der Waals surface area contributed by atoms with Crippen molar-refractivity contribution in [2.24, 2.45) is 10.8 Å². The van der Waals surface area contributed by atoms with E-state index >= 15 is 0 Å². The summed E-state index contributed by atoms with van der Waals surface area (Å²) in [5.74, 6) is 2.64. The first-order valence-electron chi connectivity index (χ1n) is 21.0. The molecule has 2 aliphatic heterocycles. The largest absolute Gasteiger partial charge is 0.507 e. The van der Waals surface area contributed by atoms with E-state index < -0.39 is 5.60 Å². The molecule has 1 saturated heterocycles. The van der Waals surface area contributed by atoms with Crippen LogP contribution in [0.4, 0.5) is 5.69 Å². The van der Waals surface area contributed by atoms with E-state index in [-0.39, 0.29) is 22.0 Å². The summed E-state index contributed by atoms with van der Waals surface area (Å²) in [4.78, 5) is 2.35. The number of morpholine rings is 1. The number of nitrogens with zero attached hydrogens (tertiary/aromatic N) is 1. The highest BCUT2D eigenvalue weighted by Gasteiger charge is 2.55. The Morgan fingerprint density at radius 3 is 1.88 bits per heavy atom. The molecule has 6 nitrogen and oxygen atoms in total. The Bertz CT molecular complexity index is 2550. The summed E-state index contributed by atoms with van der Waals surface area (Å²) in [7, 11) is 3.39. The molecular formula is C53H53NO5. The summed E-state index contributed by atoms with van der Waals surface area (Å²) < 4.78 is 24.6. The van der Waals surface area contributed by atoms with Crippen molar-refractivity contribution in [2.45, 2.75) is 58.0 Å². The van der Waals surface area contributed by atoms with E-state index in [0.29, 0.717) is 0 Å². The van der Waals surface area contributed by atoms with Crippen LogP contribution in [0.15, 0.2) is 115 Å². The van der Waals surface area contributed by atoms with Gasteiger partial charge < -0.3 is 29.0 Å². The lowest BCUT2D eigenvalue weighted by molar-refractivity contribution is 0.0642. The Hall–Kier alpha value is -5.72. The van der Waals surface area contributed by atoms with Crippen LogP contribution in [0.25, 0.3) is 39.1 Å². The number of aromatic hydroxyl groups is 1. The maximum atomic E-state index is 12.2. The zero-order chi connectivity index (χ0) is 40.7. The zero-order valence-electron chi connectivity index (χ0n) is 35.0. The van der Waals surface area contributed by atoms with E-state index in [1.54, 1.807) is 14.2 Å². The molecule has 10 rings (SSSR count). The van der Waals surface area contributed by atoms with Crippen molar-refractivity contribution in [1.29, 1.82) is 0 Å². The SMILES string of the molecule is COc1ccc(C2(c3ccc(OC)cc3)C=Cc3c4c(c5cc(O)c(-c6ccc(N7CCOCC7)cc6)cc5c3O2)-c2ccccc2C42CC(C)(C)CC(C)(C)C2)cc1. The monoisotopic (exact) mass is 783 g/mol. The summed E-state index contributed by atoms with van der Waals surface area (Å²) in [6.07, 6.45) is 7.78. The van der Waals surface area contributed by atoms with Crippen LogP contribution >= 0.6 is 0 Å². The van der Waals surface area contributed by atoms with Gasteiger partial charge in [-0.05, 0) is 118 Å². The van der Waals surface area contributed by atoms with Gasteiger partial charge >= 0.3 is 0 Å². The van der Waals surface area contributed by atoms with E-state index in [1.165, 1.54) is 22.3 Å². The molecule has 2 fully saturated rings. The predicted molar refractivity (Wildman–Crippen MR) is 238 cm³/mol. The highest BCUT2D eigenvalue weighted by molar-refractivity contribution is 6.10. The molecule has 0 radical (unpaired) electrons. The Morgan fingerprint density at radius 2 is 1.27 bits per heavy atom. The third-order valence-corrected chi connectivity index (χ3v) is 13.5. The molecule has 2 aliphatic carbocycles. The summed E-state index contributed by atoms with van der Waals surface area (Å²) in [5, 5.41) is 14.2. The normalized spacial score (nSPS) is 19.1. The molecule has 0 amide bonds. The summed E-state index contributed by atoms with van der Waals surface area (Å²) >= 11 is 0. The number of benzene rings is 6. The fourth-order valence-corrected chi connectivity index (χ4v) is 11.7.